The van der Waals surface area contributed by atoms with Gasteiger partial charge in [0.25, 0.3) is 0 Å². The highest BCUT2D eigenvalue weighted by Gasteiger charge is 2.20. The summed E-state index contributed by atoms with van der Waals surface area (Å²) in [7, 11) is 0. The first kappa shape index (κ1) is 23.2. The quantitative estimate of drug-likeness (QED) is 0.209. The van der Waals surface area contributed by atoms with E-state index >= 15 is 0 Å². The summed E-state index contributed by atoms with van der Waals surface area (Å²) < 4.78 is 2.07. The Bertz CT molecular complexity index is 1660. The number of fused-ring (bicyclic) bond motifs is 3. The monoisotopic (exact) mass is 471 g/mol. The topological polar surface area (TPSA) is 69.6 Å². The molecule has 0 aliphatic carbocycles. The number of nitrogens with two attached hydrogens (primary N) is 1. The predicted molar refractivity (Wildman–Crippen MR) is 151 cm³/mol. The highest BCUT2D eigenvalue weighted by atomic mass is 15.2. The lowest BCUT2D eigenvalue weighted by atomic mass is 10.1. The van der Waals surface area contributed by atoms with Gasteiger partial charge in [0, 0.05) is 21.9 Å². The van der Waals surface area contributed by atoms with E-state index in [1.807, 2.05) is 62.4 Å². The van der Waals surface area contributed by atoms with Crippen LogP contribution in [0.4, 0.5) is 5.69 Å². The Kier molecular flexibility index (Phi) is 6.21. The van der Waals surface area contributed by atoms with Gasteiger partial charge in [-0.25, -0.2) is 4.98 Å². The van der Waals surface area contributed by atoms with Gasteiger partial charge in [-0.2, -0.15) is 9.97 Å². The maximum atomic E-state index is 6.71. The van der Waals surface area contributed by atoms with Crippen LogP contribution < -0.4 is 5.73 Å². The van der Waals surface area contributed by atoms with E-state index in [1.54, 1.807) is 6.08 Å². The Labute approximate surface area is 211 Å². The van der Waals surface area contributed by atoms with Crippen LogP contribution in [0, 0.1) is 6.92 Å². The fourth-order valence-electron chi connectivity index (χ4n) is 4.53. The van der Waals surface area contributed by atoms with Gasteiger partial charge in [0.2, 0.25) is 5.95 Å². The highest BCUT2D eigenvalue weighted by molar-refractivity contribution is 6.13. The zero-order valence-electron chi connectivity index (χ0n) is 20.9. The minimum absolute atomic E-state index is 0.528. The molecule has 0 fully saturated rings. The molecule has 0 aliphatic rings. The molecule has 5 rings (SSSR count). The number of hydrogen-bond donors (Lipinski definition) is 1. The summed E-state index contributed by atoms with van der Waals surface area (Å²) in [4.78, 5) is 14.8. The zero-order valence-corrected chi connectivity index (χ0v) is 20.9. The van der Waals surface area contributed by atoms with Gasteiger partial charge in [-0.15, -0.1) is 0 Å². The summed E-state index contributed by atoms with van der Waals surface area (Å²) in [6.07, 6.45) is 8.56. The molecular formula is C31H29N5. The zero-order chi connectivity index (χ0) is 25.2. The third kappa shape index (κ3) is 3.99. The molecule has 36 heavy (non-hydrogen) atoms. The van der Waals surface area contributed by atoms with Crippen LogP contribution in [0.1, 0.15) is 30.8 Å². The maximum absolute atomic E-state index is 6.71. The number of rotatable bonds is 6. The first-order valence-electron chi connectivity index (χ1n) is 12.2. The molecule has 2 N–H and O–H groups in total. The Hall–Kier alpha value is -4.51. The van der Waals surface area contributed by atoms with Crippen molar-refractivity contribution in [1.82, 2.24) is 19.5 Å². The average molecular weight is 472 g/mol. The molecule has 2 aromatic heterocycles. The third-order valence-electron chi connectivity index (χ3n) is 6.42. The summed E-state index contributed by atoms with van der Waals surface area (Å²) in [5.41, 5.74) is 13.4. The lowest BCUT2D eigenvalue weighted by Gasteiger charge is -2.12. The lowest BCUT2D eigenvalue weighted by molar-refractivity contribution is 0.932. The number of aromatic nitrogens is 4. The van der Waals surface area contributed by atoms with Crippen molar-refractivity contribution in [2.45, 2.75) is 27.2 Å². The van der Waals surface area contributed by atoms with Crippen LogP contribution in [-0.4, -0.2) is 19.5 Å². The molecular weight excluding hydrogens is 442 g/mol. The predicted octanol–water partition coefficient (Wildman–Crippen LogP) is 7.23. The molecule has 0 amide bonds. The fraction of sp³-hybridized carbons (Fsp3) is 0.129. The van der Waals surface area contributed by atoms with Crippen LogP contribution in [0.3, 0.4) is 0 Å². The van der Waals surface area contributed by atoms with E-state index in [2.05, 4.69) is 48.4 Å². The van der Waals surface area contributed by atoms with Gasteiger partial charge in [-0.1, -0.05) is 86.3 Å². The number of nitrogen functional groups attached to an aromatic ring is 1. The second-order valence-electron chi connectivity index (χ2n) is 8.74. The van der Waals surface area contributed by atoms with Crippen LogP contribution in [0.2, 0.25) is 0 Å². The van der Waals surface area contributed by atoms with Crippen molar-refractivity contribution < 1.29 is 0 Å². The number of anilines is 1. The Morgan fingerprint density at radius 2 is 1.81 bits per heavy atom. The molecule has 0 saturated carbocycles. The normalized spacial score (nSPS) is 12.1. The van der Waals surface area contributed by atoms with Crippen molar-refractivity contribution in [3.05, 3.63) is 108 Å². The number of benzene rings is 3. The molecule has 0 bridgehead atoms. The first-order valence-corrected chi connectivity index (χ1v) is 12.2. The molecule has 0 aliphatic heterocycles. The Balaban J connectivity index is 1.91. The molecule has 3 aromatic carbocycles. The number of nitrogens with zero attached hydrogens (tertiary/aromatic N) is 4. The first-order chi connectivity index (χ1) is 17.5. The molecule has 0 unspecified atom stereocenters. The largest absolute Gasteiger partial charge is 0.397 e. The summed E-state index contributed by atoms with van der Waals surface area (Å²) >= 11 is 0. The minimum atomic E-state index is 0.528. The molecule has 2 heterocycles. The molecule has 5 aromatic rings. The van der Waals surface area contributed by atoms with Gasteiger partial charge in [0.15, 0.2) is 11.6 Å². The Morgan fingerprint density at radius 1 is 1.00 bits per heavy atom. The summed E-state index contributed by atoms with van der Waals surface area (Å²) in [5.74, 6) is 1.70. The summed E-state index contributed by atoms with van der Waals surface area (Å²) in [5, 5.41) is 2.22. The van der Waals surface area contributed by atoms with E-state index < -0.39 is 0 Å². The van der Waals surface area contributed by atoms with Crippen molar-refractivity contribution in [3.63, 3.8) is 0 Å². The molecule has 0 saturated heterocycles. The van der Waals surface area contributed by atoms with Crippen molar-refractivity contribution >= 4 is 33.1 Å². The molecule has 0 spiro atoms. The molecule has 178 valence electrons. The van der Waals surface area contributed by atoms with Crippen molar-refractivity contribution in [2.75, 3.05) is 5.73 Å². The smallest absolute Gasteiger partial charge is 0.238 e. The number of aryl methyl sites for hydroxylation is 2. The van der Waals surface area contributed by atoms with Crippen molar-refractivity contribution in [2.24, 2.45) is 0 Å². The van der Waals surface area contributed by atoms with E-state index in [0.717, 1.165) is 50.6 Å². The van der Waals surface area contributed by atoms with Gasteiger partial charge in [0.05, 0.1) is 16.7 Å². The second kappa shape index (κ2) is 9.62. The Morgan fingerprint density at radius 3 is 2.53 bits per heavy atom. The summed E-state index contributed by atoms with van der Waals surface area (Å²) in [6, 6.07) is 20.7. The number of hydrogen-bond acceptors (Lipinski definition) is 4. The van der Waals surface area contributed by atoms with Crippen LogP contribution in [0.15, 0.2) is 91.5 Å². The van der Waals surface area contributed by atoms with E-state index in [0.29, 0.717) is 17.6 Å². The van der Waals surface area contributed by atoms with Crippen LogP contribution in [0.5, 0.6) is 0 Å². The van der Waals surface area contributed by atoms with E-state index in [-0.39, 0.29) is 0 Å². The van der Waals surface area contributed by atoms with Crippen molar-refractivity contribution in [1.29, 1.82) is 0 Å². The third-order valence-corrected chi connectivity index (χ3v) is 6.42. The molecule has 5 heteroatoms. The van der Waals surface area contributed by atoms with E-state index in [1.165, 1.54) is 5.56 Å². The van der Waals surface area contributed by atoms with E-state index in [4.69, 9.17) is 20.7 Å². The fourth-order valence-corrected chi connectivity index (χ4v) is 4.53. The van der Waals surface area contributed by atoms with Gasteiger partial charge in [-0.3, -0.25) is 4.57 Å². The van der Waals surface area contributed by atoms with Crippen LogP contribution in [-0.2, 0) is 6.42 Å². The van der Waals surface area contributed by atoms with Gasteiger partial charge in [-0.05, 0) is 43.5 Å². The molecule has 0 radical (unpaired) electrons. The molecule has 5 nitrogen and oxygen atoms in total. The van der Waals surface area contributed by atoms with Crippen LogP contribution in [0.25, 0.3) is 44.7 Å². The number of allylic oxidation sites excluding steroid dienone is 5. The van der Waals surface area contributed by atoms with Gasteiger partial charge < -0.3 is 5.73 Å². The maximum Gasteiger partial charge on any atom is 0.238 e. The molecule has 0 atom stereocenters. The SMILES string of the molecule is C=C/C=C(\C=C/C)c1nc(-c2ccccc2)nc(-n2c3ccc(CC)cc3c3ccc(C)c(N)c32)n1. The minimum Gasteiger partial charge on any atom is -0.397 e. The van der Waals surface area contributed by atoms with Crippen molar-refractivity contribution in [3.8, 4) is 17.3 Å². The average Bonchev–Trinajstić information content (AvgIpc) is 3.25. The standard InChI is InChI=1S/C31H29N5/c1-5-11-22(12-6-2)29-33-30(23-13-9-8-10-14-23)35-31(34-29)36-26-18-16-21(7-3)19-25(26)24-17-15-20(4)27(32)28(24)36/h5-6,8-19H,1,7,32H2,2-4H3/b12-6-,22-11+. The van der Waals surface area contributed by atoms with Gasteiger partial charge in [0.1, 0.15) is 0 Å². The highest BCUT2D eigenvalue weighted by Crippen LogP contribution is 2.37. The summed E-state index contributed by atoms with van der Waals surface area (Å²) in [6.45, 7) is 10.0. The van der Waals surface area contributed by atoms with E-state index in [9.17, 15) is 0 Å². The second-order valence-corrected chi connectivity index (χ2v) is 8.74. The van der Waals surface area contributed by atoms with Crippen LogP contribution >= 0.6 is 0 Å². The van der Waals surface area contributed by atoms with Gasteiger partial charge >= 0.3 is 0 Å². The lowest BCUT2D eigenvalue weighted by Crippen LogP contribution is -2.09.